The quantitative estimate of drug-likeness (QED) is 0.826. The molecule has 2 heterocycles. The van der Waals surface area contributed by atoms with E-state index < -0.39 is 0 Å². The smallest absolute Gasteiger partial charge is 0.265 e. The second-order valence-electron chi connectivity index (χ2n) is 6.56. The molecule has 0 unspecified atom stereocenters. The minimum atomic E-state index is -0.0415. The number of hydrogen-bond donors (Lipinski definition) is 0. The van der Waals surface area contributed by atoms with Crippen molar-refractivity contribution in [3.8, 4) is 10.6 Å². The molecule has 0 aliphatic carbocycles. The van der Waals surface area contributed by atoms with Crippen LogP contribution in [0.15, 0.2) is 24.4 Å². The molecule has 1 saturated heterocycles. The molecule has 3 rings (SSSR count). The molecule has 2 amide bonds. The standard InChI is InChI=1S/C19H23N3O2S/c1-13-6-7-15(14(2)11-13)18-20-12-16(25-18)19(24)21(3)9-10-22-8-4-5-17(22)23/h6-7,11-12H,4-5,8-10H2,1-3H3. The van der Waals surface area contributed by atoms with Crippen LogP contribution in [0.25, 0.3) is 10.6 Å². The molecule has 6 heteroatoms. The molecular weight excluding hydrogens is 334 g/mol. The van der Waals surface area contributed by atoms with E-state index in [1.54, 1.807) is 18.1 Å². The van der Waals surface area contributed by atoms with Gasteiger partial charge >= 0.3 is 0 Å². The predicted octanol–water partition coefficient (Wildman–Crippen LogP) is 3.12. The minimum absolute atomic E-state index is 0.0415. The van der Waals surface area contributed by atoms with Gasteiger partial charge in [0.25, 0.3) is 5.91 Å². The van der Waals surface area contributed by atoms with Gasteiger partial charge in [0, 0.05) is 38.7 Å². The molecule has 132 valence electrons. The van der Waals surface area contributed by atoms with Crippen molar-refractivity contribution in [3.63, 3.8) is 0 Å². The topological polar surface area (TPSA) is 53.5 Å². The fraction of sp³-hybridized carbons (Fsp3) is 0.421. The zero-order chi connectivity index (χ0) is 18.0. The summed E-state index contributed by atoms with van der Waals surface area (Å²) in [5.41, 5.74) is 3.44. The summed E-state index contributed by atoms with van der Waals surface area (Å²) in [4.78, 5) is 32.8. The first-order valence-electron chi connectivity index (χ1n) is 8.52. The number of likely N-dealkylation sites (tertiary alicyclic amines) is 1. The molecule has 1 aliphatic heterocycles. The van der Waals surface area contributed by atoms with E-state index in [9.17, 15) is 9.59 Å². The van der Waals surface area contributed by atoms with Crippen molar-refractivity contribution in [2.75, 3.05) is 26.7 Å². The number of carbonyl (C=O) groups excluding carboxylic acids is 2. The van der Waals surface area contributed by atoms with Crippen molar-refractivity contribution in [1.29, 1.82) is 0 Å². The maximum Gasteiger partial charge on any atom is 0.265 e. The average Bonchev–Trinajstić information content (AvgIpc) is 3.21. The normalized spacial score (nSPS) is 14.2. The molecular formula is C19H23N3O2S. The number of aryl methyl sites for hydroxylation is 2. The molecule has 0 N–H and O–H groups in total. The maximum atomic E-state index is 12.6. The van der Waals surface area contributed by atoms with Crippen LogP contribution < -0.4 is 0 Å². The second-order valence-corrected chi connectivity index (χ2v) is 7.59. The van der Waals surface area contributed by atoms with E-state index in [1.807, 2.05) is 4.90 Å². The Hall–Kier alpha value is -2.21. The third kappa shape index (κ3) is 3.90. The molecule has 0 radical (unpaired) electrons. The van der Waals surface area contributed by atoms with Crippen LogP contribution in [0.1, 0.15) is 33.6 Å². The van der Waals surface area contributed by atoms with Crippen molar-refractivity contribution in [2.24, 2.45) is 0 Å². The number of likely N-dealkylation sites (N-methyl/N-ethyl adjacent to an activating group) is 1. The van der Waals surface area contributed by atoms with Crippen LogP contribution in [0.3, 0.4) is 0 Å². The molecule has 2 aromatic rings. The lowest BCUT2D eigenvalue weighted by atomic mass is 10.1. The van der Waals surface area contributed by atoms with E-state index >= 15 is 0 Å². The predicted molar refractivity (Wildman–Crippen MR) is 99.8 cm³/mol. The van der Waals surface area contributed by atoms with Crippen LogP contribution in [-0.2, 0) is 4.79 Å². The summed E-state index contributed by atoms with van der Waals surface area (Å²) in [5, 5.41) is 0.865. The number of amides is 2. The molecule has 1 aliphatic rings. The van der Waals surface area contributed by atoms with E-state index in [-0.39, 0.29) is 11.8 Å². The summed E-state index contributed by atoms with van der Waals surface area (Å²) in [6.07, 6.45) is 3.20. The van der Waals surface area contributed by atoms with Crippen LogP contribution in [0, 0.1) is 13.8 Å². The first-order chi connectivity index (χ1) is 12.0. The Morgan fingerprint density at radius 1 is 1.36 bits per heavy atom. The zero-order valence-corrected chi connectivity index (χ0v) is 15.7. The van der Waals surface area contributed by atoms with E-state index in [4.69, 9.17) is 0 Å². The Morgan fingerprint density at radius 3 is 2.84 bits per heavy atom. The summed E-state index contributed by atoms with van der Waals surface area (Å²) in [5.74, 6) is 0.149. The second kappa shape index (κ2) is 7.35. The summed E-state index contributed by atoms with van der Waals surface area (Å²) in [6.45, 7) is 6.07. The third-order valence-corrected chi connectivity index (χ3v) is 5.57. The van der Waals surface area contributed by atoms with E-state index in [2.05, 4.69) is 37.0 Å². The van der Waals surface area contributed by atoms with Gasteiger partial charge in [-0.3, -0.25) is 9.59 Å². The number of benzene rings is 1. The van der Waals surface area contributed by atoms with Gasteiger partial charge in [-0.1, -0.05) is 23.8 Å². The highest BCUT2D eigenvalue weighted by atomic mass is 32.1. The highest BCUT2D eigenvalue weighted by Crippen LogP contribution is 2.29. The van der Waals surface area contributed by atoms with Crippen LogP contribution in [0.2, 0.25) is 0 Å². The number of hydrogen-bond acceptors (Lipinski definition) is 4. The number of nitrogens with zero attached hydrogens (tertiary/aromatic N) is 3. The fourth-order valence-corrected chi connectivity index (χ4v) is 4.05. The van der Waals surface area contributed by atoms with Gasteiger partial charge < -0.3 is 9.80 Å². The Labute approximate surface area is 152 Å². The summed E-state index contributed by atoms with van der Waals surface area (Å²) in [7, 11) is 1.78. The van der Waals surface area contributed by atoms with Gasteiger partial charge in [0.15, 0.2) is 0 Å². The van der Waals surface area contributed by atoms with Crippen molar-refractivity contribution < 1.29 is 9.59 Å². The van der Waals surface area contributed by atoms with Gasteiger partial charge in [0.05, 0.1) is 6.20 Å². The Kier molecular flexibility index (Phi) is 5.18. The molecule has 1 aromatic carbocycles. The van der Waals surface area contributed by atoms with E-state index in [0.717, 1.165) is 29.1 Å². The lowest BCUT2D eigenvalue weighted by Crippen LogP contribution is -2.36. The highest BCUT2D eigenvalue weighted by molar-refractivity contribution is 7.16. The van der Waals surface area contributed by atoms with Gasteiger partial charge in [0.2, 0.25) is 5.91 Å². The molecule has 1 aromatic heterocycles. The average molecular weight is 357 g/mol. The van der Waals surface area contributed by atoms with Gasteiger partial charge in [-0.2, -0.15) is 0 Å². The highest BCUT2D eigenvalue weighted by Gasteiger charge is 2.22. The monoisotopic (exact) mass is 357 g/mol. The molecule has 0 atom stereocenters. The molecule has 0 bridgehead atoms. The summed E-state index contributed by atoms with van der Waals surface area (Å²) in [6, 6.07) is 6.24. The molecule has 1 fully saturated rings. The van der Waals surface area contributed by atoms with Gasteiger partial charge in [-0.25, -0.2) is 4.98 Å². The zero-order valence-electron chi connectivity index (χ0n) is 14.9. The first-order valence-corrected chi connectivity index (χ1v) is 9.34. The molecule has 0 saturated carbocycles. The van der Waals surface area contributed by atoms with Gasteiger partial charge in [-0.05, 0) is 25.8 Å². The Balaban J connectivity index is 1.66. The summed E-state index contributed by atoms with van der Waals surface area (Å²) >= 11 is 1.42. The van der Waals surface area contributed by atoms with Crippen molar-refractivity contribution in [1.82, 2.24) is 14.8 Å². The molecule has 5 nitrogen and oxygen atoms in total. The van der Waals surface area contributed by atoms with Crippen LogP contribution in [0.5, 0.6) is 0 Å². The number of thiazole rings is 1. The SMILES string of the molecule is Cc1ccc(-c2ncc(C(=O)N(C)CCN3CCCC3=O)s2)c(C)c1. The maximum absolute atomic E-state index is 12.6. The van der Waals surface area contributed by atoms with Crippen molar-refractivity contribution >= 4 is 23.2 Å². The van der Waals surface area contributed by atoms with Crippen molar-refractivity contribution in [2.45, 2.75) is 26.7 Å². The third-order valence-electron chi connectivity index (χ3n) is 4.55. The van der Waals surface area contributed by atoms with Crippen LogP contribution in [0.4, 0.5) is 0 Å². The Bertz CT molecular complexity index is 800. The summed E-state index contributed by atoms with van der Waals surface area (Å²) < 4.78 is 0. The van der Waals surface area contributed by atoms with Gasteiger partial charge in [0.1, 0.15) is 9.88 Å². The number of aromatic nitrogens is 1. The Morgan fingerprint density at radius 2 is 2.16 bits per heavy atom. The number of carbonyl (C=O) groups is 2. The van der Waals surface area contributed by atoms with E-state index in [1.165, 1.54) is 16.9 Å². The van der Waals surface area contributed by atoms with Gasteiger partial charge in [-0.15, -0.1) is 11.3 Å². The van der Waals surface area contributed by atoms with Crippen LogP contribution in [-0.4, -0.2) is 53.3 Å². The number of rotatable bonds is 5. The first kappa shape index (κ1) is 17.6. The van der Waals surface area contributed by atoms with Crippen LogP contribution >= 0.6 is 11.3 Å². The van der Waals surface area contributed by atoms with Crippen molar-refractivity contribution in [3.05, 3.63) is 40.4 Å². The fourth-order valence-electron chi connectivity index (χ4n) is 3.05. The largest absolute Gasteiger partial charge is 0.341 e. The molecule has 0 spiro atoms. The minimum Gasteiger partial charge on any atom is -0.341 e. The lowest BCUT2D eigenvalue weighted by molar-refractivity contribution is -0.127. The molecule has 25 heavy (non-hydrogen) atoms. The lowest BCUT2D eigenvalue weighted by Gasteiger charge is -2.21. The van der Waals surface area contributed by atoms with E-state index in [0.29, 0.717) is 24.4 Å².